The van der Waals surface area contributed by atoms with Gasteiger partial charge in [-0.05, 0) is 12.1 Å². The second kappa shape index (κ2) is 2.95. The third-order valence-electron chi connectivity index (χ3n) is 2.59. The van der Waals surface area contributed by atoms with Crippen molar-refractivity contribution in [3.8, 4) is 5.75 Å². The van der Waals surface area contributed by atoms with Crippen molar-refractivity contribution in [1.29, 1.82) is 0 Å². The van der Waals surface area contributed by atoms with Crippen molar-refractivity contribution in [2.24, 2.45) is 0 Å². The van der Waals surface area contributed by atoms with E-state index in [1.165, 1.54) is 0 Å². The highest BCUT2D eigenvalue weighted by Gasteiger charge is 2.04. The summed E-state index contributed by atoms with van der Waals surface area (Å²) in [5.74, 6) is 0.311. The van der Waals surface area contributed by atoms with Crippen molar-refractivity contribution in [3.63, 3.8) is 0 Å². The van der Waals surface area contributed by atoms with Gasteiger partial charge in [-0.3, -0.25) is 4.98 Å². The normalized spacial score (nSPS) is 10.9. The van der Waals surface area contributed by atoms with E-state index in [1.54, 1.807) is 12.3 Å². The van der Waals surface area contributed by atoms with Crippen LogP contribution in [0.5, 0.6) is 5.75 Å². The molecule has 2 nitrogen and oxygen atoms in total. The topological polar surface area (TPSA) is 33.1 Å². The fraction of sp³-hybridized carbons (Fsp3) is 0. The van der Waals surface area contributed by atoms with Gasteiger partial charge in [0.2, 0.25) is 0 Å². The molecule has 2 aromatic carbocycles. The van der Waals surface area contributed by atoms with E-state index >= 15 is 0 Å². The van der Waals surface area contributed by atoms with E-state index < -0.39 is 0 Å². The number of aromatic hydroxyl groups is 1. The minimum atomic E-state index is 0.311. The highest BCUT2D eigenvalue weighted by Crippen LogP contribution is 2.30. The average Bonchev–Trinajstić information content (AvgIpc) is 2.29. The van der Waals surface area contributed by atoms with Gasteiger partial charge in [-0.1, -0.05) is 30.3 Å². The molecule has 0 atom stereocenters. The van der Waals surface area contributed by atoms with E-state index in [2.05, 4.69) is 4.98 Å². The number of pyridine rings is 1. The maximum absolute atomic E-state index is 9.84. The number of aromatic nitrogens is 1. The maximum Gasteiger partial charge on any atom is 0.124 e. The number of hydrogen-bond acceptors (Lipinski definition) is 2. The van der Waals surface area contributed by atoms with Crippen LogP contribution in [-0.2, 0) is 0 Å². The van der Waals surface area contributed by atoms with Crippen LogP contribution in [0.25, 0.3) is 21.7 Å². The predicted molar refractivity (Wildman–Crippen MR) is 60.9 cm³/mol. The number of nitrogens with zero attached hydrogens (tertiary/aromatic N) is 1. The molecule has 0 unspecified atom stereocenters. The summed E-state index contributed by atoms with van der Waals surface area (Å²) < 4.78 is 0. The Morgan fingerprint density at radius 2 is 1.80 bits per heavy atom. The molecule has 3 aromatic rings. The Morgan fingerprint density at radius 1 is 0.933 bits per heavy atom. The Balaban J connectivity index is 2.64. The first-order valence-corrected chi connectivity index (χ1v) is 4.82. The van der Waals surface area contributed by atoms with Crippen LogP contribution < -0.4 is 0 Å². The summed E-state index contributed by atoms with van der Waals surface area (Å²) in [7, 11) is 0. The lowest BCUT2D eigenvalue weighted by molar-refractivity contribution is 0.482. The van der Waals surface area contributed by atoms with Crippen LogP contribution in [0.4, 0.5) is 0 Å². The average molecular weight is 195 g/mol. The van der Waals surface area contributed by atoms with Gasteiger partial charge >= 0.3 is 0 Å². The highest BCUT2D eigenvalue weighted by molar-refractivity contribution is 6.08. The summed E-state index contributed by atoms with van der Waals surface area (Å²) in [6.07, 6.45) is 1.79. The second-order valence-electron chi connectivity index (χ2n) is 3.52. The standard InChI is InChI=1S/C13H9NO/c15-12-7-3-4-9-8-14-11-6-2-1-5-10(11)13(9)12/h1-8,15H. The zero-order valence-corrected chi connectivity index (χ0v) is 8.01. The molecule has 0 amide bonds. The molecular weight excluding hydrogens is 186 g/mol. The van der Waals surface area contributed by atoms with Crippen LogP contribution in [-0.4, -0.2) is 10.1 Å². The molecule has 0 saturated carbocycles. The molecule has 1 aromatic heterocycles. The number of phenols is 1. The van der Waals surface area contributed by atoms with Crippen LogP contribution in [0.2, 0.25) is 0 Å². The number of para-hydroxylation sites is 1. The zero-order chi connectivity index (χ0) is 10.3. The number of hydrogen-bond donors (Lipinski definition) is 1. The molecule has 0 aliphatic carbocycles. The summed E-state index contributed by atoms with van der Waals surface area (Å²) in [5.41, 5.74) is 0.909. The van der Waals surface area contributed by atoms with E-state index in [1.807, 2.05) is 36.4 Å². The number of rotatable bonds is 0. The molecule has 0 aliphatic heterocycles. The summed E-state index contributed by atoms with van der Waals surface area (Å²) in [6, 6.07) is 13.3. The van der Waals surface area contributed by atoms with Gasteiger partial charge in [0.25, 0.3) is 0 Å². The van der Waals surface area contributed by atoms with Crippen molar-refractivity contribution in [3.05, 3.63) is 48.7 Å². The lowest BCUT2D eigenvalue weighted by Crippen LogP contribution is -1.81. The van der Waals surface area contributed by atoms with Gasteiger partial charge in [0.15, 0.2) is 0 Å². The van der Waals surface area contributed by atoms with Gasteiger partial charge in [-0.15, -0.1) is 0 Å². The summed E-state index contributed by atoms with van der Waals surface area (Å²) in [4.78, 5) is 4.34. The Bertz CT molecular complexity index is 646. The first kappa shape index (κ1) is 8.24. The summed E-state index contributed by atoms with van der Waals surface area (Å²) >= 11 is 0. The second-order valence-corrected chi connectivity index (χ2v) is 3.52. The Labute approximate surface area is 86.8 Å². The SMILES string of the molecule is Oc1cccc2cnc3ccccc3c12. The number of fused-ring (bicyclic) bond motifs is 3. The largest absolute Gasteiger partial charge is 0.507 e. The van der Waals surface area contributed by atoms with Crippen molar-refractivity contribution in [1.82, 2.24) is 4.98 Å². The quantitative estimate of drug-likeness (QED) is 0.559. The summed E-state index contributed by atoms with van der Waals surface area (Å²) in [5, 5.41) is 12.7. The van der Waals surface area contributed by atoms with Gasteiger partial charge < -0.3 is 5.11 Å². The van der Waals surface area contributed by atoms with Gasteiger partial charge in [-0.2, -0.15) is 0 Å². The third-order valence-corrected chi connectivity index (χ3v) is 2.59. The van der Waals surface area contributed by atoms with E-state index in [0.717, 1.165) is 21.7 Å². The molecule has 0 saturated heterocycles. The highest BCUT2D eigenvalue weighted by atomic mass is 16.3. The minimum absolute atomic E-state index is 0.311. The van der Waals surface area contributed by atoms with E-state index in [0.29, 0.717) is 5.75 Å². The van der Waals surface area contributed by atoms with Gasteiger partial charge in [0.05, 0.1) is 5.52 Å². The first-order chi connectivity index (χ1) is 7.36. The van der Waals surface area contributed by atoms with Crippen molar-refractivity contribution < 1.29 is 5.11 Å². The van der Waals surface area contributed by atoms with E-state index in [4.69, 9.17) is 0 Å². The first-order valence-electron chi connectivity index (χ1n) is 4.82. The fourth-order valence-electron chi connectivity index (χ4n) is 1.90. The van der Waals surface area contributed by atoms with Crippen LogP contribution in [0.3, 0.4) is 0 Å². The fourth-order valence-corrected chi connectivity index (χ4v) is 1.90. The monoisotopic (exact) mass is 195 g/mol. The molecule has 0 spiro atoms. The molecule has 0 radical (unpaired) electrons. The lowest BCUT2D eigenvalue weighted by atomic mass is 10.1. The Kier molecular flexibility index (Phi) is 1.62. The van der Waals surface area contributed by atoms with Crippen LogP contribution in [0.1, 0.15) is 0 Å². The smallest absolute Gasteiger partial charge is 0.124 e. The Morgan fingerprint density at radius 3 is 2.73 bits per heavy atom. The van der Waals surface area contributed by atoms with Crippen LogP contribution in [0.15, 0.2) is 48.7 Å². The summed E-state index contributed by atoms with van der Waals surface area (Å²) in [6.45, 7) is 0. The molecule has 1 N–H and O–H groups in total. The zero-order valence-electron chi connectivity index (χ0n) is 8.01. The molecule has 3 rings (SSSR count). The lowest BCUT2D eigenvalue weighted by Gasteiger charge is -2.04. The Hall–Kier alpha value is -2.09. The third kappa shape index (κ3) is 1.15. The number of phenolic OH excluding ortho intramolecular Hbond substituents is 1. The number of benzene rings is 2. The molecule has 0 bridgehead atoms. The minimum Gasteiger partial charge on any atom is -0.507 e. The molecule has 0 aliphatic rings. The molecule has 1 heterocycles. The molecule has 2 heteroatoms. The molecule has 72 valence electrons. The predicted octanol–water partition coefficient (Wildman–Crippen LogP) is 3.09. The van der Waals surface area contributed by atoms with Crippen LogP contribution in [0, 0.1) is 0 Å². The molecule has 15 heavy (non-hydrogen) atoms. The van der Waals surface area contributed by atoms with E-state index in [-0.39, 0.29) is 0 Å². The molecule has 0 fully saturated rings. The molecular formula is C13H9NO. The van der Waals surface area contributed by atoms with Gasteiger partial charge in [0, 0.05) is 22.4 Å². The van der Waals surface area contributed by atoms with Gasteiger partial charge in [0.1, 0.15) is 5.75 Å². The van der Waals surface area contributed by atoms with Crippen molar-refractivity contribution in [2.45, 2.75) is 0 Å². The van der Waals surface area contributed by atoms with Gasteiger partial charge in [-0.25, -0.2) is 0 Å². The maximum atomic E-state index is 9.84. The van der Waals surface area contributed by atoms with Crippen molar-refractivity contribution >= 4 is 21.7 Å². The van der Waals surface area contributed by atoms with E-state index in [9.17, 15) is 5.11 Å². The van der Waals surface area contributed by atoms with Crippen LogP contribution >= 0.6 is 0 Å². The van der Waals surface area contributed by atoms with Crippen molar-refractivity contribution in [2.75, 3.05) is 0 Å².